The fourth-order valence-corrected chi connectivity index (χ4v) is 3.32. The van der Waals surface area contributed by atoms with Gasteiger partial charge in [-0.15, -0.1) is 0 Å². The van der Waals surface area contributed by atoms with Gasteiger partial charge >= 0.3 is 0 Å². The molecule has 0 amide bonds. The second-order valence-corrected chi connectivity index (χ2v) is 5.88. The molecule has 0 saturated carbocycles. The molecule has 2 atom stereocenters. The number of nitrogens with two attached hydrogens (primary N) is 1. The highest BCUT2D eigenvalue weighted by molar-refractivity contribution is 5.10. The lowest BCUT2D eigenvalue weighted by Gasteiger charge is -2.35. The zero-order valence-electron chi connectivity index (χ0n) is 12.5. The predicted octanol–water partition coefficient (Wildman–Crippen LogP) is 2.59. The molecule has 1 aromatic rings. The topological polar surface area (TPSA) is 47.1 Å². The van der Waals surface area contributed by atoms with Crippen LogP contribution in [0.1, 0.15) is 57.8 Å². The van der Waals surface area contributed by atoms with E-state index in [4.69, 9.17) is 5.73 Å². The third-order valence-electron chi connectivity index (χ3n) is 4.37. The number of aromatic nitrogens is 2. The third-order valence-corrected chi connectivity index (χ3v) is 4.37. The van der Waals surface area contributed by atoms with Crippen LogP contribution in [-0.2, 0) is 0 Å². The van der Waals surface area contributed by atoms with Crippen molar-refractivity contribution in [3.8, 4) is 0 Å². The van der Waals surface area contributed by atoms with Crippen LogP contribution in [0, 0.1) is 5.92 Å². The van der Waals surface area contributed by atoms with Crippen LogP contribution in [0.3, 0.4) is 0 Å². The Bertz CT molecular complexity index is 371. The molecule has 2 unspecified atom stereocenters. The van der Waals surface area contributed by atoms with Crippen molar-refractivity contribution >= 4 is 0 Å². The number of nitrogens with zero attached hydrogens (tertiary/aromatic N) is 3. The molecular weight excluding hydrogens is 236 g/mol. The van der Waals surface area contributed by atoms with Crippen molar-refractivity contribution in [1.29, 1.82) is 0 Å². The van der Waals surface area contributed by atoms with E-state index in [0.717, 1.165) is 13.1 Å². The van der Waals surface area contributed by atoms with Crippen LogP contribution in [0.5, 0.6) is 0 Å². The van der Waals surface area contributed by atoms with Crippen molar-refractivity contribution in [1.82, 2.24) is 14.5 Å². The molecule has 1 aliphatic heterocycles. The van der Waals surface area contributed by atoms with Crippen LogP contribution in [-0.4, -0.2) is 34.1 Å². The maximum atomic E-state index is 6.06. The second kappa shape index (κ2) is 6.53. The number of rotatable bonds is 4. The van der Waals surface area contributed by atoms with Crippen molar-refractivity contribution in [2.45, 2.75) is 52.1 Å². The molecule has 0 bridgehead atoms. The highest BCUT2D eigenvalue weighted by atomic mass is 15.2. The van der Waals surface area contributed by atoms with E-state index in [-0.39, 0.29) is 0 Å². The van der Waals surface area contributed by atoms with Gasteiger partial charge in [-0.25, -0.2) is 4.98 Å². The van der Waals surface area contributed by atoms with Crippen molar-refractivity contribution in [2.24, 2.45) is 11.7 Å². The minimum atomic E-state index is 0.433. The fourth-order valence-electron chi connectivity index (χ4n) is 3.32. The Kier molecular flexibility index (Phi) is 4.99. The van der Waals surface area contributed by atoms with Crippen LogP contribution in [0.15, 0.2) is 12.5 Å². The molecule has 4 nitrogen and oxygen atoms in total. The van der Waals surface area contributed by atoms with E-state index in [1.165, 1.54) is 31.5 Å². The molecule has 1 fully saturated rings. The summed E-state index contributed by atoms with van der Waals surface area (Å²) in [5.74, 6) is 0.552. The molecule has 4 heteroatoms. The van der Waals surface area contributed by atoms with Gasteiger partial charge in [-0.2, -0.15) is 0 Å². The lowest BCUT2D eigenvalue weighted by Crippen LogP contribution is -2.37. The minimum absolute atomic E-state index is 0.433. The molecule has 19 heavy (non-hydrogen) atoms. The lowest BCUT2D eigenvalue weighted by molar-refractivity contribution is 0.157. The monoisotopic (exact) mass is 264 g/mol. The molecule has 1 aromatic heterocycles. The van der Waals surface area contributed by atoms with E-state index in [0.29, 0.717) is 18.0 Å². The number of hydrogen-bond acceptors (Lipinski definition) is 3. The summed E-state index contributed by atoms with van der Waals surface area (Å²) < 4.78 is 2.31. The first-order valence-electron chi connectivity index (χ1n) is 7.64. The first-order chi connectivity index (χ1) is 9.19. The van der Waals surface area contributed by atoms with Gasteiger partial charge in [0.2, 0.25) is 0 Å². The predicted molar refractivity (Wildman–Crippen MR) is 79.0 cm³/mol. The molecule has 108 valence electrons. The van der Waals surface area contributed by atoms with Crippen LogP contribution in [0.4, 0.5) is 0 Å². The first kappa shape index (κ1) is 14.5. The molecule has 0 aromatic carbocycles. The fraction of sp³-hybridized carbons (Fsp3) is 0.800. The molecule has 1 aliphatic rings. The van der Waals surface area contributed by atoms with E-state index in [1.807, 2.05) is 12.5 Å². The summed E-state index contributed by atoms with van der Waals surface area (Å²) in [4.78, 5) is 6.97. The normalized spacial score (nSPS) is 25.7. The largest absolute Gasteiger partial charge is 0.331 e. The maximum absolute atomic E-state index is 6.06. The van der Waals surface area contributed by atoms with Gasteiger partial charge in [-0.05, 0) is 52.2 Å². The first-order valence-corrected chi connectivity index (χ1v) is 7.64. The number of hydrogen-bond donors (Lipinski definition) is 1. The molecular formula is C15H28N4. The average molecular weight is 264 g/mol. The summed E-state index contributed by atoms with van der Waals surface area (Å²) >= 11 is 0. The number of imidazole rings is 1. The Morgan fingerprint density at radius 3 is 2.84 bits per heavy atom. The zero-order valence-corrected chi connectivity index (χ0v) is 12.5. The van der Waals surface area contributed by atoms with E-state index in [1.54, 1.807) is 0 Å². The van der Waals surface area contributed by atoms with Gasteiger partial charge in [0.1, 0.15) is 0 Å². The lowest BCUT2D eigenvalue weighted by atomic mass is 9.92. The number of likely N-dealkylation sites (tertiary alicyclic amines) is 1. The van der Waals surface area contributed by atoms with Gasteiger partial charge in [0.25, 0.3) is 0 Å². The smallest absolute Gasteiger partial charge is 0.0951 e. The molecule has 2 heterocycles. The molecule has 0 radical (unpaired) electrons. The van der Waals surface area contributed by atoms with E-state index >= 15 is 0 Å². The van der Waals surface area contributed by atoms with Crippen molar-refractivity contribution < 1.29 is 0 Å². The van der Waals surface area contributed by atoms with Crippen molar-refractivity contribution in [2.75, 3.05) is 19.6 Å². The Morgan fingerprint density at radius 1 is 1.42 bits per heavy atom. The summed E-state index contributed by atoms with van der Waals surface area (Å²) in [7, 11) is 0. The minimum Gasteiger partial charge on any atom is -0.331 e. The van der Waals surface area contributed by atoms with Crippen molar-refractivity contribution in [3.63, 3.8) is 0 Å². The molecule has 2 rings (SSSR count). The van der Waals surface area contributed by atoms with Crippen LogP contribution in [0.25, 0.3) is 0 Å². The Morgan fingerprint density at radius 2 is 2.21 bits per heavy atom. The Hall–Kier alpha value is -0.870. The zero-order chi connectivity index (χ0) is 13.8. The summed E-state index contributed by atoms with van der Waals surface area (Å²) in [5.41, 5.74) is 7.40. The highest BCUT2D eigenvalue weighted by Gasteiger charge is 2.31. The van der Waals surface area contributed by atoms with Crippen LogP contribution >= 0.6 is 0 Å². The Balaban J connectivity index is 2.36. The second-order valence-electron chi connectivity index (χ2n) is 5.88. The van der Waals surface area contributed by atoms with Gasteiger partial charge in [-0.1, -0.05) is 13.3 Å². The average Bonchev–Trinajstić information content (AvgIpc) is 2.79. The van der Waals surface area contributed by atoms with Crippen LogP contribution in [0.2, 0.25) is 0 Å². The Labute approximate surface area is 117 Å². The van der Waals surface area contributed by atoms with Gasteiger partial charge < -0.3 is 10.3 Å². The third kappa shape index (κ3) is 3.00. The summed E-state index contributed by atoms with van der Waals surface area (Å²) in [6.07, 6.45) is 7.83. The van der Waals surface area contributed by atoms with E-state index < -0.39 is 0 Å². The van der Waals surface area contributed by atoms with E-state index in [2.05, 4.69) is 35.2 Å². The van der Waals surface area contributed by atoms with Gasteiger partial charge in [0.05, 0.1) is 18.1 Å². The molecule has 0 aliphatic carbocycles. The standard InChI is InChI=1S/C15H28N4/c1-4-18-8-6-5-7-13(9-16)15(18)14-10-17-11-19(14)12(2)3/h10-13,15H,4-9,16H2,1-3H3. The maximum Gasteiger partial charge on any atom is 0.0951 e. The van der Waals surface area contributed by atoms with Gasteiger partial charge in [0.15, 0.2) is 0 Å². The summed E-state index contributed by atoms with van der Waals surface area (Å²) in [6.45, 7) is 9.73. The van der Waals surface area contributed by atoms with Crippen molar-refractivity contribution in [3.05, 3.63) is 18.2 Å². The summed E-state index contributed by atoms with van der Waals surface area (Å²) in [5, 5.41) is 0. The molecule has 0 spiro atoms. The van der Waals surface area contributed by atoms with Gasteiger partial charge in [-0.3, -0.25) is 4.90 Å². The SMILES string of the molecule is CCN1CCCCC(CN)C1c1cncn1C(C)C. The van der Waals surface area contributed by atoms with Gasteiger partial charge in [0, 0.05) is 12.2 Å². The quantitative estimate of drug-likeness (QED) is 0.909. The van der Waals surface area contributed by atoms with E-state index in [9.17, 15) is 0 Å². The highest BCUT2D eigenvalue weighted by Crippen LogP contribution is 2.35. The molecule has 2 N–H and O–H groups in total. The van der Waals surface area contributed by atoms with Crippen LogP contribution < -0.4 is 5.73 Å². The molecule has 1 saturated heterocycles. The summed E-state index contributed by atoms with van der Waals surface area (Å²) in [6, 6.07) is 0.889.